The molecule has 0 N–H and O–H groups in total. The molecule has 1 aliphatic heterocycles. The van der Waals surface area contributed by atoms with Crippen LogP contribution in [0.3, 0.4) is 0 Å². The van der Waals surface area contributed by atoms with Crippen molar-refractivity contribution in [2.45, 2.75) is 38.9 Å². The monoisotopic (exact) mass is 272 g/mol. The van der Waals surface area contributed by atoms with Crippen molar-refractivity contribution >= 4 is 23.4 Å². The Bertz CT molecular complexity index is 651. The Morgan fingerprint density at radius 3 is 2.10 bits per heavy atom. The first-order valence-electron chi connectivity index (χ1n) is 6.83. The average molecular weight is 272 g/mol. The summed E-state index contributed by atoms with van der Waals surface area (Å²) in [5.74, 6) is -0.233. The van der Waals surface area contributed by atoms with E-state index in [0.29, 0.717) is 0 Å². The third-order valence-corrected chi connectivity index (χ3v) is 4.35. The second-order valence-corrected chi connectivity index (χ2v) is 6.34. The molecule has 20 heavy (non-hydrogen) atoms. The van der Waals surface area contributed by atoms with Gasteiger partial charge < -0.3 is 9.31 Å². The van der Waals surface area contributed by atoms with Crippen molar-refractivity contribution in [3.05, 3.63) is 42.2 Å². The summed E-state index contributed by atoms with van der Waals surface area (Å²) < 4.78 is 25.4. The van der Waals surface area contributed by atoms with Gasteiger partial charge in [-0.25, -0.2) is 4.39 Å². The quantitative estimate of drug-likeness (QED) is 0.742. The lowest BCUT2D eigenvalue weighted by Crippen LogP contribution is -2.41. The second-order valence-electron chi connectivity index (χ2n) is 6.34. The molecule has 2 nitrogen and oxygen atoms in total. The van der Waals surface area contributed by atoms with Crippen LogP contribution in [0.4, 0.5) is 4.39 Å². The predicted molar refractivity (Wildman–Crippen MR) is 79.6 cm³/mol. The summed E-state index contributed by atoms with van der Waals surface area (Å²) in [7, 11) is -0.410. The van der Waals surface area contributed by atoms with Crippen molar-refractivity contribution in [1.29, 1.82) is 0 Å². The Hall–Kier alpha value is -1.39. The first-order chi connectivity index (χ1) is 9.28. The Kier molecular flexibility index (Phi) is 2.92. The lowest BCUT2D eigenvalue weighted by atomic mass is 9.78. The second kappa shape index (κ2) is 4.30. The smallest absolute Gasteiger partial charge is 0.399 e. The van der Waals surface area contributed by atoms with Crippen molar-refractivity contribution < 1.29 is 13.7 Å². The summed E-state index contributed by atoms with van der Waals surface area (Å²) >= 11 is 0. The van der Waals surface area contributed by atoms with E-state index in [4.69, 9.17) is 9.31 Å². The average Bonchev–Trinajstić information content (AvgIpc) is 2.57. The molecule has 1 fully saturated rings. The van der Waals surface area contributed by atoms with Gasteiger partial charge in [0.05, 0.1) is 11.2 Å². The molecule has 3 rings (SSSR count). The van der Waals surface area contributed by atoms with Gasteiger partial charge in [0.1, 0.15) is 5.82 Å². The van der Waals surface area contributed by atoms with Crippen LogP contribution in [0.5, 0.6) is 0 Å². The highest BCUT2D eigenvalue weighted by atomic mass is 19.1. The van der Waals surface area contributed by atoms with Crippen LogP contribution in [-0.2, 0) is 9.31 Å². The zero-order valence-electron chi connectivity index (χ0n) is 12.2. The molecule has 0 atom stereocenters. The van der Waals surface area contributed by atoms with Gasteiger partial charge in [-0.05, 0) is 56.1 Å². The van der Waals surface area contributed by atoms with E-state index in [-0.39, 0.29) is 17.0 Å². The zero-order chi connectivity index (χ0) is 14.5. The third kappa shape index (κ3) is 2.13. The molecule has 2 aromatic carbocycles. The Morgan fingerprint density at radius 2 is 1.45 bits per heavy atom. The van der Waals surface area contributed by atoms with E-state index in [9.17, 15) is 4.39 Å². The molecule has 0 spiro atoms. The molecule has 104 valence electrons. The molecule has 0 unspecified atom stereocenters. The highest BCUT2D eigenvalue weighted by Crippen LogP contribution is 2.36. The van der Waals surface area contributed by atoms with Crippen LogP contribution in [0.15, 0.2) is 36.4 Å². The van der Waals surface area contributed by atoms with Crippen molar-refractivity contribution in [3.63, 3.8) is 0 Å². The summed E-state index contributed by atoms with van der Waals surface area (Å²) in [6, 6.07) is 10.7. The molecule has 4 heteroatoms. The minimum absolute atomic E-state index is 0.233. The van der Waals surface area contributed by atoms with Crippen molar-refractivity contribution in [2.24, 2.45) is 0 Å². The maximum atomic E-state index is 13.3. The Balaban J connectivity index is 2.00. The molecule has 2 aromatic rings. The van der Waals surface area contributed by atoms with E-state index in [1.165, 1.54) is 12.1 Å². The molecule has 0 radical (unpaired) electrons. The minimum Gasteiger partial charge on any atom is -0.399 e. The first kappa shape index (κ1) is 13.6. The first-order valence-corrected chi connectivity index (χ1v) is 6.83. The molecular formula is C16H18BFO2. The van der Waals surface area contributed by atoms with Crippen molar-refractivity contribution in [1.82, 2.24) is 0 Å². The maximum absolute atomic E-state index is 13.3. The van der Waals surface area contributed by atoms with Gasteiger partial charge in [-0.2, -0.15) is 0 Å². The fourth-order valence-electron chi connectivity index (χ4n) is 2.36. The molecule has 1 saturated heterocycles. The van der Waals surface area contributed by atoms with Crippen LogP contribution in [0.25, 0.3) is 10.8 Å². The van der Waals surface area contributed by atoms with Crippen LogP contribution >= 0.6 is 0 Å². The summed E-state index contributed by atoms with van der Waals surface area (Å²) in [6.07, 6.45) is 0. The normalized spacial score (nSPS) is 20.6. The van der Waals surface area contributed by atoms with E-state index < -0.39 is 7.12 Å². The summed E-state index contributed by atoms with van der Waals surface area (Å²) in [5, 5.41) is 1.86. The molecule has 0 aromatic heterocycles. The molecule has 1 aliphatic rings. The number of hydrogen-bond donors (Lipinski definition) is 0. The van der Waals surface area contributed by atoms with Gasteiger partial charge in [0.25, 0.3) is 0 Å². The van der Waals surface area contributed by atoms with Crippen LogP contribution in [0.1, 0.15) is 27.7 Å². The highest BCUT2D eigenvalue weighted by molar-refractivity contribution is 6.62. The van der Waals surface area contributed by atoms with Crippen LogP contribution < -0.4 is 5.46 Å². The zero-order valence-corrected chi connectivity index (χ0v) is 12.2. The van der Waals surface area contributed by atoms with Gasteiger partial charge >= 0.3 is 7.12 Å². The predicted octanol–water partition coefficient (Wildman–Crippen LogP) is 3.28. The molecule has 1 heterocycles. The number of rotatable bonds is 1. The van der Waals surface area contributed by atoms with Crippen LogP contribution in [-0.4, -0.2) is 18.3 Å². The topological polar surface area (TPSA) is 18.5 Å². The van der Waals surface area contributed by atoms with E-state index in [0.717, 1.165) is 16.2 Å². The summed E-state index contributed by atoms with van der Waals surface area (Å²) in [4.78, 5) is 0. The number of hydrogen-bond acceptors (Lipinski definition) is 2. The van der Waals surface area contributed by atoms with Gasteiger partial charge in [-0.1, -0.05) is 24.3 Å². The maximum Gasteiger partial charge on any atom is 0.494 e. The van der Waals surface area contributed by atoms with Gasteiger partial charge in [0.2, 0.25) is 0 Å². The van der Waals surface area contributed by atoms with Crippen LogP contribution in [0.2, 0.25) is 0 Å². The number of benzene rings is 2. The summed E-state index contributed by atoms with van der Waals surface area (Å²) in [6.45, 7) is 8.09. The van der Waals surface area contributed by atoms with Gasteiger partial charge in [-0.3, -0.25) is 0 Å². The highest BCUT2D eigenvalue weighted by Gasteiger charge is 2.51. The lowest BCUT2D eigenvalue weighted by molar-refractivity contribution is 0.00578. The fourth-order valence-corrected chi connectivity index (χ4v) is 2.36. The van der Waals surface area contributed by atoms with E-state index >= 15 is 0 Å². The van der Waals surface area contributed by atoms with Gasteiger partial charge in [-0.15, -0.1) is 0 Å². The standard InChI is InChI=1S/C16H18BFO2/c1-15(2)16(3,4)20-17(19-15)13-7-5-11-6-8-14(18)10-12(11)9-13/h5-10H,1-4H3. The van der Waals surface area contributed by atoms with Gasteiger partial charge in [0.15, 0.2) is 0 Å². The Labute approximate surface area is 119 Å². The largest absolute Gasteiger partial charge is 0.494 e. The molecule has 0 bridgehead atoms. The van der Waals surface area contributed by atoms with Gasteiger partial charge in [0, 0.05) is 0 Å². The minimum atomic E-state index is -0.410. The molecule has 0 aliphatic carbocycles. The van der Waals surface area contributed by atoms with Crippen molar-refractivity contribution in [3.8, 4) is 0 Å². The molecule has 0 amide bonds. The van der Waals surface area contributed by atoms with E-state index in [1.54, 1.807) is 6.07 Å². The van der Waals surface area contributed by atoms with Crippen LogP contribution in [0, 0.1) is 5.82 Å². The van der Waals surface area contributed by atoms with E-state index in [1.807, 2.05) is 45.9 Å². The lowest BCUT2D eigenvalue weighted by Gasteiger charge is -2.32. The number of halogens is 1. The Morgan fingerprint density at radius 1 is 0.850 bits per heavy atom. The third-order valence-electron chi connectivity index (χ3n) is 4.35. The molecule has 0 saturated carbocycles. The SMILES string of the molecule is CC1(C)OB(c2ccc3ccc(F)cc3c2)OC1(C)C. The van der Waals surface area contributed by atoms with Crippen molar-refractivity contribution in [2.75, 3.05) is 0 Å². The fraction of sp³-hybridized carbons (Fsp3) is 0.375. The summed E-state index contributed by atoms with van der Waals surface area (Å²) in [5.41, 5.74) is 0.185. The number of fused-ring (bicyclic) bond motifs is 1. The molecular weight excluding hydrogens is 254 g/mol. The van der Waals surface area contributed by atoms with E-state index in [2.05, 4.69) is 0 Å².